The molecule has 0 aliphatic rings. The zero-order valence-electron chi connectivity index (χ0n) is 13.6. The van der Waals surface area contributed by atoms with E-state index in [9.17, 15) is 18.0 Å². The molecule has 0 saturated carbocycles. The van der Waals surface area contributed by atoms with Crippen molar-refractivity contribution in [2.75, 3.05) is 5.32 Å². The minimum atomic E-state index is -4.57. The van der Waals surface area contributed by atoms with E-state index in [1.54, 1.807) is 13.1 Å². The third-order valence-electron chi connectivity index (χ3n) is 3.66. The Kier molecular flexibility index (Phi) is 5.16. The first-order chi connectivity index (χ1) is 12.6. The van der Waals surface area contributed by atoms with E-state index in [1.165, 1.54) is 10.9 Å². The fourth-order valence-corrected chi connectivity index (χ4v) is 2.64. The van der Waals surface area contributed by atoms with Gasteiger partial charge >= 0.3 is 6.18 Å². The van der Waals surface area contributed by atoms with E-state index in [0.29, 0.717) is 16.3 Å². The van der Waals surface area contributed by atoms with Crippen molar-refractivity contribution in [2.45, 2.75) is 19.6 Å². The molecule has 0 atom stereocenters. The van der Waals surface area contributed by atoms with Crippen molar-refractivity contribution in [3.63, 3.8) is 0 Å². The summed E-state index contributed by atoms with van der Waals surface area (Å²) in [6.07, 6.45) is -1.61. The van der Waals surface area contributed by atoms with Crippen molar-refractivity contribution in [1.82, 2.24) is 14.9 Å². The topological polar surface area (TPSA) is 73.0 Å². The van der Waals surface area contributed by atoms with Crippen LogP contribution in [0.3, 0.4) is 0 Å². The standard InChI is InChI=1S/C16H11Cl2F3N4O2/c1-8-11(7-25-6-10(17)5-22-25)14(24-27-8)15(26)23-13-4-9(16(19,20)21)2-3-12(13)18/h2-6H,7H2,1H3,(H,23,26). The molecule has 1 N–H and O–H groups in total. The molecule has 27 heavy (non-hydrogen) atoms. The number of aromatic nitrogens is 3. The molecule has 0 spiro atoms. The summed E-state index contributed by atoms with van der Waals surface area (Å²) in [5, 5.41) is 10.4. The van der Waals surface area contributed by atoms with Crippen LogP contribution in [0.1, 0.15) is 27.4 Å². The maximum Gasteiger partial charge on any atom is 0.416 e. The molecule has 6 nitrogen and oxygen atoms in total. The number of nitrogens with zero attached hydrogens (tertiary/aromatic N) is 3. The highest BCUT2D eigenvalue weighted by atomic mass is 35.5. The summed E-state index contributed by atoms with van der Waals surface area (Å²) in [5.74, 6) is -0.400. The molecule has 0 aliphatic heterocycles. The molecule has 1 aromatic carbocycles. The van der Waals surface area contributed by atoms with Crippen LogP contribution < -0.4 is 5.32 Å². The Bertz CT molecular complexity index is 998. The largest absolute Gasteiger partial charge is 0.416 e. The monoisotopic (exact) mass is 418 g/mol. The lowest BCUT2D eigenvalue weighted by atomic mass is 10.1. The molecule has 0 aliphatic carbocycles. The van der Waals surface area contributed by atoms with Crippen molar-refractivity contribution in [3.8, 4) is 0 Å². The van der Waals surface area contributed by atoms with Gasteiger partial charge in [-0.1, -0.05) is 28.4 Å². The normalized spacial score (nSPS) is 11.6. The first-order valence-corrected chi connectivity index (χ1v) is 8.22. The minimum Gasteiger partial charge on any atom is -0.361 e. The average Bonchev–Trinajstić information content (AvgIpc) is 3.15. The number of alkyl halides is 3. The molecule has 3 rings (SSSR count). The second-order valence-corrected chi connectivity index (χ2v) is 6.41. The van der Waals surface area contributed by atoms with Gasteiger partial charge in [0.1, 0.15) is 5.76 Å². The van der Waals surface area contributed by atoms with Crippen LogP contribution in [0, 0.1) is 6.92 Å². The highest BCUT2D eigenvalue weighted by molar-refractivity contribution is 6.34. The third kappa shape index (κ3) is 4.25. The van der Waals surface area contributed by atoms with Gasteiger partial charge in [-0.2, -0.15) is 18.3 Å². The quantitative estimate of drug-likeness (QED) is 0.659. The molecule has 2 heterocycles. The van der Waals surface area contributed by atoms with Gasteiger partial charge in [0.05, 0.1) is 34.0 Å². The van der Waals surface area contributed by atoms with Crippen LogP contribution in [0.5, 0.6) is 0 Å². The number of hydrogen-bond acceptors (Lipinski definition) is 4. The van der Waals surface area contributed by atoms with Crippen molar-refractivity contribution in [3.05, 3.63) is 63.2 Å². The summed E-state index contributed by atoms with van der Waals surface area (Å²) in [7, 11) is 0. The van der Waals surface area contributed by atoms with Gasteiger partial charge < -0.3 is 9.84 Å². The predicted octanol–water partition coefficient (Wildman–Crippen LogP) is 4.81. The van der Waals surface area contributed by atoms with Crippen molar-refractivity contribution in [2.24, 2.45) is 0 Å². The molecule has 0 radical (unpaired) electrons. The minimum absolute atomic E-state index is 0.0445. The van der Waals surface area contributed by atoms with Gasteiger partial charge in [-0.25, -0.2) is 0 Å². The van der Waals surface area contributed by atoms with Gasteiger partial charge in [0.2, 0.25) is 0 Å². The molecule has 0 bridgehead atoms. The van der Waals surface area contributed by atoms with Crippen molar-refractivity contribution in [1.29, 1.82) is 0 Å². The van der Waals surface area contributed by atoms with Crippen LogP contribution in [0.2, 0.25) is 10.0 Å². The Hall–Kier alpha value is -2.52. The summed E-state index contributed by atoms with van der Waals surface area (Å²) in [5.41, 5.74) is -0.807. The lowest BCUT2D eigenvalue weighted by molar-refractivity contribution is -0.137. The van der Waals surface area contributed by atoms with Crippen molar-refractivity contribution < 1.29 is 22.5 Å². The molecule has 2 aromatic heterocycles. The van der Waals surface area contributed by atoms with Crippen LogP contribution >= 0.6 is 23.2 Å². The number of nitrogens with one attached hydrogen (secondary N) is 1. The Labute approximate surface area is 160 Å². The van der Waals surface area contributed by atoms with E-state index < -0.39 is 17.6 Å². The Morgan fingerprint density at radius 3 is 2.70 bits per heavy atom. The number of benzene rings is 1. The van der Waals surface area contributed by atoms with Crippen molar-refractivity contribution >= 4 is 34.8 Å². The third-order valence-corrected chi connectivity index (χ3v) is 4.19. The Balaban J connectivity index is 1.87. The zero-order chi connectivity index (χ0) is 19.8. The number of halogens is 5. The SMILES string of the molecule is Cc1onc(C(=O)Nc2cc(C(F)(F)F)ccc2Cl)c1Cn1cc(Cl)cn1. The van der Waals surface area contributed by atoms with Gasteiger partial charge in [-0.3, -0.25) is 9.48 Å². The number of carbonyl (C=O) groups is 1. The van der Waals surface area contributed by atoms with E-state index in [-0.39, 0.29) is 22.9 Å². The second kappa shape index (κ2) is 7.24. The molecular weight excluding hydrogens is 408 g/mol. The maximum absolute atomic E-state index is 12.9. The molecule has 0 fully saturated rings. The summed E-state index contributed by atoms with van der Waals surface area (Å²) < 4.78 is 45.1. The van der Waals surface area contributed by atoms with Crippen LogP contribution in [0.15, 0.2) is 35.1 Å². The highest BCUT2D eigenvalue weighted by Crippen LogP contribution is 2.34. The summed E-state index contributed by atoms with van der Waals surface area (Å²) in [4.78, 5) is 12.5. The van der Waals surface area contributed by atoms with E-state index >= 15 is 0 Å². The van der Waals surface area contributed by atoms with Gasteiger partial charge in [0, 0.05) is 11.8 Å². The maximum atomic E-state index is 12.9. The molecular formula is C16H11Cl2F3N4O2. The number of anilines is 1. The zero-order valence-corrected chi connectivity index (χ0v) is 15.2. The lowest BCUT2D eigenvalue weighted by Crippen LogP contribution is -2.17. The average molecular weight is 419 g/mol. The van der Waals surface area contributed by atoms with Crippen LogP contribution in [0.25, 0.3) is 0 Å². The van der Waals surface area contributed by atoms with E-state index in [1.807, 2.05) is 0 Å². The molecule has 3 aromatic rings. The Morgan fingerprint density at radius 1 is 1.33 bits per heavy atom. The van der Waals surface area contributed by atoms with Gasteiger partial charge in [-0.05, 0) is 25.1 Å². The molecule has 0 saturated heterocycles. The first kappa shape index (κ1) is 19.2. The Morgan fingerprint density at radius 2 is 2.07 bits per heavy atom. The van der Waals surface area contributed by atoms with E-state index in [0.717, 1.165) is 18.2 Å². The van der Waals surface area contributed by atoms with Crippen LogP contribution in [-0.4, -0.2) is 20.8 Å². The van der Waals surface area contributed by atoms with Crippen LogP contribution in [-0.2, 0) is 12.7 Å². The number of carbonyl (C=O) groups excluding carboxylic acids is 1. The number of amides is 1. The fourth-order valence-electron chi connectivity index (χ4n) is 2.32. The van der Waals surface area contributed by atoms with Gasteiger partial charge in [0.25, 0.3) is 5.91 Å². The number of rotatable bonds is 4. The highest BCUT2D eigenvalue weighted by Gasteiger charge is 2.31. The lowest BCUT2D eigenvalue weighted by Gasteiger charge is -2.11. The van der Waals surface area contributed by atoms with E-state index in [4.69, 9.17) is 27.7 Å². The van der Waals surface area contributed by atoms with E-state index in [2.05, 4.69) is 15.6 Å². The summed E-state index contributed by atoms with van der Waals surface area (Å²) >= 11 is 11.7. The molecule has 1 amide bonds. The smallest absolute Gasteiger partial charge is 0.361 e. The fraction of sp³-hybridized carbons (Fsp3) is 0.188. The second-order valence-electron chi connectivity index (χ2n) is 5.57. The number of hydrogen-bond donors (Lipinski definition) is 1. The van der Waals surface area contributed by atoms with Gasteiger partial charge in [0.15, 0.2) is 5.69 Å². The number of aryl methyl sites for hydroxylation is 1. The van der Waals surface area contributed by atoms with Gasteiger partial charge in [-0.15, -0.1) is 0 Å². The summed E-state index contributed by atoms with van der Waals surface area (Å²) in [6.45, 7) is 1.74. The molecule has 142 valence electrons. The predicted molar refractivity (Wildman–Crippen MR) is 92.0 cm³/mol. The first-order valence-electron chi connectivity index (χ1n) is 7.46. The van der Waals surface area contributed by atoms with Crippen LogP contribution in [0.4, 0.5) is 18.9 Å². The molecule has 0 unspecified atom stereocenters. The summed E-state index contributed by atoms with van der Waals surface area (Å²) in [6, 6.07) is 2.63. The molecule has 11 heteroatoms.